The molecule has 3 aromatic carbocycles. The lowest BCUT2D eigenvalue weighted by Crippen LogP contribution is -2.33. The molecular formula is C24H21N3O5. The zero-order valence-corrected chi connectivity index (χ0v) is 17.1. The van der Waals surface area contributed by atoms with Gasteiger partial charge in [-0.05, 0) is 29.8 Å². The molecule has 0 atom stereocenters. The molecule has 0 radical (unpaired) electrons. The van der Waals surface area contributed by atoms with E-state index in [1.807, 2.05) is 42.5 Å². The molecule has 162 valence electrons. The number of primary amides is 1. The molecule has 8 nitrogen and oxygen atoms in total. The molecule has 0 unspecified atom stereocenters. The number of hydrogen-bond acceptors (Lipinski definition) is 4. The van der Waals surface area contributed by atoms with Gasteiger partial charge in [-0.25, -0.2) is 0 Å². The molecule has 0 aliphatic carbocycles. The van der Waals surface area contributed by atoms with Gasteiger partial charge in [-0.1, -0.05) is 42.5 Å². The van der Waals surface area contributed by atoms with E-state index in [2.05, 4.69) is 9.88 Å². The summed E-state index contributed by atoms with van der Waals surface area (Å²) in [6, 6.07) is 20.7. The van der Waals surface area contributed by atoms with Crippen molar-refractivity contribution in [3.05, 3.63) is 77.9 Å². The van der Waals surface area contributed by atoms with Gasteiger partial charge in [0.2, 0.25) is 5.91 Å². The molecule has 0 aliphatic heterocycles. The lowest BCUT2D eigenvalue weighted by atomic mass is 10.1. The van der Waals surface area contributed by atoms with Gasteiger partial charge in [-0.3, -0.25) is 14.4 Å². The van der Waals surface area contributed by atoms with Gasteiger partial charge in [0.1, 0.15) is 12.3 Å². The molecule has 0 saturated carbocycles. The van der Waals surface area contributed by atoms with Crippen LogP contribution in [0.1, 0.15) is 15.9 Å². The molecule has 8 heteroatoms. The van der Waals surface area contributed by atoms with Crippen LogP contribution in [0.5, 0.6) is 5.75 Å². The molecule has 4 aromatic rings. The Morgan fingerprint density at radius 1 is 0.906 bits per heavy atom. The Hall–Kier alpha value is -4.33. The van der Waals surface area contributed by atoms with E-state index in [1.54, 1.807) is 24.3 Å². The summed E-state index contributed by atoms with van der Waals surface area (Å²) in [5, 5.41) is 12.3. The number of hydrogen-bond donors (Lipinski definition) is 3. The SMILES string of the molecule is NC(=O)c1cccc2c1c1c(OCC(=O)NCC(=O)O)cccc1n2Cc1ccccc1. The third-order valence-corrected chi connectivity index (χ3v) is 5.12. The van der Waals surface area contributed by atoms with Gasteiger partial charge in [-0.15, -0.1) is 0 Å². The Labute approximate surface area is 183 Å². The van der Waals surface area contributed by atoms with E-state index in [0.717, 1.165) is 16.6 Å². The van der Waals surface area contributed by atoms with E-state index in [4.69, 9.17) is 15.6 Å². The first-order valence-corrected chi connectivity index (χ1v) is 9.94. The second kappa shape index (κ2) is 8.81. The summed E-state index contributed by atoms with van der Waals surface area (Å²) >= 11 is 0. The number of carboxylic acids is 1. The van der Waals surface area contributed by atoms with E-state index < -0.39 is 24.3 Å². The molecule has 4 rings (SSSR count). The number of aliphatic carboxylic acids is 1. The van der Waals surface area contributed by atoms with E-state index in [1.165, 1.54) is 0 Å². The molecule has 1 aromatic heterocycles. The Morgan fingerprint density at radius 2 is 1.59 bits per heavy atom. The van der Waals surface area contributed by atoms with Crippen LogP contribution in [0.25, 0.3) is 21.8 Å². The topological polar surface area (TPSA) is 124 Å². The lowest BCUT2D eigenvalue weighted by molar-refractivity contribution is -0.138. The fourth-order valence-corrected chi connectivity index (χ4v) is 3.78. The number of carbonyl (C=O) groups excluding carboxylic acids is 2. The molecule has 4 N–H and O–H groups in total. The van der Waals surface area contributed by atoms with Crippen LogP contribution in [0.4, 0.5) is 0 Å². The van der Waals surface area contributed by atoms with Crippen LogP contribution in [0.2, 0.25) is 0 Å². The first kappa shape index (κ1) is 20.9. The van der Waals surface area contributed by atoms with Crippen LogP contribution in [0.15, 0.2) is 66.7 Å². The predicted octanol–water partition coefficient (Wildman–Crippen LogP) is 2.52. The highest BCUT2D eigenvalue weighted by Crippen LogP contribution is 2.38. The Morgan fingerprint density at radius 3 is 2.28 bits per heavy atom. The number of nitrogens with zero attached hydrogens (tertiary/aromatic N) is 1. The Bertz CT molecular complexity index is 1330. The van der Waals surface area contributed by atoms with E-state index in [9.17, 15) is 14.4 Å². The van der Waals surface area contributed by atoms with E-state index in [-0.39, 0.29) is 6.61 Å². The van der Waals surface area contributed by atoms with Crippen molar-refractivity contribution in [1.82, 2.24) is 9.88 Å². The molecule has 0 spiro atoms. The van der Waals surface area contributed by atoms with Gasteiger partial charge < -0.3 is 25.5 Å². The molecule has 0 aliphatic rings. The van der Waals surface area contributed by atoms with Crippen molar-refractivity contribution >= 4 is 39.6 Å². The predicted molar refractivity (Wildman–Crippen MR) is 120 cm³/mol. The van der Waals surface area contributed by atoms with Crippen molar-refractivity contribution in [2.75, 3.05) is 13.2 Å². The highest BCUT2D eigenvalue weighted by molar-refractivity contribution is 6.19. The highest BCUT2D eigenvalue weighted by atomic mass is 16.5. The average molecular weight is 431 g/mol. The second-order valence-corrected chi connectivity index (χ2v) is 7.25. The van der Waals surface area contributed by atoms with Crippen LogP contribution >= 0.6 is 0 Å². The number of amides is 2. The maximum Gasteiger partial charge on any atom is 0.322 e. The number of nitrogens with two attached hydrogens (primary N) is 1. The van der Waals surface area contributed by atoms with Crippen LogP contribution in [-0.2, 0) is 16.1 Å². The Kier molecular flexibility index (Phi) is 5.76. The maximum absolute atomic E-state index is 12.2. The molecule has 0 fully saturated rings. The van der Waals surface area contributed by atoms with Gasteiger partial charge in [0.05, 0.1) is 16.4 Å². The van der Waals surface area contributed by atoms with Crippen LogP contribution in [0.3, 0.4) is 0 Å². The minimum absolute atomic E-state index is 0.352. The Balaban J connectivity index is 1.83. The van der Waals surface area contributed by atoms with Crippen molar-refractivity contribution in [3.63, 3.8) is 0 Å². The van der Waals surface area contributed by atoms with Gasteiger partial charge in [-0.2, -0.15) is 0 Å². The summed E-state index contributed by atoms with van der Waals surface area (Å²) in [4.78, 5) is 34.8. The summed E-state index contributed by atoms with van der Waals surface area (Å²) in [6.07, 6.45) is 0. The fourth-order valence-electron chi connectivity index (χ4n) is 3.78. The number of rotatable bonds is 8. The fraction of sp³-hybridized carbons (Fsp3) is 0.125. The third kappa shape index (κ3) is 4.11. The van der Waals surface area contributed by atoms with Crippen LogP contribution in [0, 0.1) is 0 Å². The summed E-state index contributed by atoms with van der Waals surface area (Å²) < 4.78 is 7.82. The zero-order valence-electron chi connectivity index (χ0n) is 17.1. The number of ether oxygens (including phenoxy) is 1. The summed E-state index contributed by atoms with van der Waals surface area (Å²) in [5.41, 5.74) is 8.73. The monoisotopic (exact) mass is 431 g/mol. The number of carboxylic acid groups (broad SMARTS) is 1. The zero-order chi connectivity index (χ0) is 22.7. The summed E-state index contributed by atoms with van der Waals surface area (Å²) in [5.74, 6) is -1.87. The van der Waals surface area contributed by atoms with Gasteiger partial charge in [0.25, 0.3) is 5.91 Å². The number of fused-ring (bicyclic) bond motifs is 3. The number of benzene rings is 3. The van der Waals surface area contributed by atoms with Crippen molar-refractivity contribution in [3.8, 4) is 5.75 Å². The summed E-state index contributed by atoms with van der Waals surface area (Å²) in [6.45, 7) is -0.295. The minimum atomic E-state index is -1.14. The van der Waals surface area contributed by atoms with Gasteiger partial charge >= 0.3 is 5.97 Å². The summed E-state index contributed by atoms with van der Waals surface area (Å²) in [7, 11) is 0. The molecule has 32 heavy (non-hydrogen) atoms. The molecule has 2 amide bonds. The van der Waals surface area contributed by atoms with Crippen LogP contribution in [-0.4, -0.2) is 40.6 Å². The standard InChI is InChI=1S/C24H21N3O5/c25-24(31)16-8-4-9-17-22(16)23-18(27(17)13-15-6-2-1-3-7-15)10-5-11-19(23)32-14-20(28)26-12-21(29)30/h1-11H,12-14H2,(H2,25,31)(H,26,28)(H,29,30). The normalized spacial score (nSPS) is 10.9. The molecule has 0 bridgehead atoms. The number of nitrogens with one attached hydrogen (secondary N) is 1. The number of carbonyl (C=O) groups is 3. The highest BCUT2D eigenvalue weighted by Gasteiger charge is 2.20. The molecular weight excluding hydrogens is 410 g/mol. The first-order chi connectivity index (χ1) is 15.5. The van der Waals surface area contributed by atoms with Crippen LogP contribution < -0.4 is 15.8 Å². The van der Waals surface area contributed by atoms with Crippen molar-refractivity contribution in [2.24, 2.45) is 5.73 Å². The maximum atomic E-state index is 12.2. The first-order valence-electron chi connectivity index (χ1n) is 9.94. The third-order valence-electron chi connectivity index (χ3n) is 5.12. The van der Waals surface area contributed by atoms with Crippen molar-refractivity contribution in [2.45, 2.75) is 6.54 Å². The van der Waals surface area contributed by atoms with Crippen molar-refractivity contribution < 1.29 is 24.2 Å². The van der Waals surface area contributed by atoms with E-state index in [0.29, 0.717) is 28.6 Å². The lowest BCUT2D eigenvalue weighted by Gasteiger charge is -2.10. The molecule has 1 heterocycles. The largest absolute Gasteiger partial charge is 0.483 e. The van der Waals surface area contributed by atoms with Gasteiger partial charge in [0, 0.05) is 17.5 Å². The quantitative estimate of drug-likeness (QED) is 0.396. The smallest absolute Gasteiger partial charge is 0.322 e. The second-order valence-electron chi connectivity index (χ2n) is 7.25. The van der Waals surface area contributed by atoms with E-state index >= 15 is 0 Å². The minimum Gasteiger partial charge on any atom is -0.483 e. The number of aromatic nitrogens is 1. The van der Waals surface area contributed by atoms with Gasteiger partial charge in [0.15, 0.2) is 6.61 Å². The molecule has 0 saturated heterocycles. The van der Waals surface area contributed by atoms with Crippen molar-refractivity contribution in [1.29, 1.82) is 0 Å². The average Bonchev–Trinajstić information content (AvgIpc) is 3.11.